The zero-order chi connectivity index (χ0) is 5.56. The van der Waals surface area contributed by atoms with E-state index in [1.54, 1.807) is 11.3 Å². The van der Waals surface area contributed by atoms with E-state index in [0.717, 1.165) is 0 Å². The average molecular weight is 111 g/mol. The Bertz CT molecular complexity index is 174. The predicted octanol–water partition coefficient (Wildman–Crippen LogP) is -0.598. The van der Waals surface area contributed by atoms with E-state index >= 15 is 0 Å². The van der Waals surface area contributed by atoms with Crippen LogP contribution in [-0.4, -0.2) is 17.3 Å². The lowest BCUT2D eigenvalue weighted by molar-refractivity contribution is 0.280. The fourth-order valence-corrected chi connectivity index (χ4v) is 0.637. The van der Waals surface area contributed by atoms with Gasteiger partial charge >= 0.3 is 0 Å². The lowest BCUT2D eigenvalue weighted by Crippen LogP contribution is -2.24. The molecular weight excluding hydrogens is 106 g/mol. The van der Waals surface area contributed by atoms with Crippen LogP contribution in [0.15, 0.2) is 17.3 Å². The van der Waals surface area contributed by atoms with Crippen LogP contribution in [0.1, 0.15) is 0 Å². The van der Waals surface area contributed by atoms with E-state index in [1.807, 2.05) is 6.08 Å². The predicted molar refractivity (Wildman–Crippen MR) is 27.5 cm³/mol. The van der Waals surface area contributed by atoms with Crippen LogP contribution in [0.5, 0.6) is 0 Å². The number of hydroxylamine groups is 2. The van der Waals surface area contributed by atoms with E-state index in [0.29, 0.717) is 5.96 Å². The first-order chi connectivity index (χ1) is 3.88. The number of hydrogen-bond acceptors (Lipinski definition) is 4. The van der Waals surface area contributed by atoms with Crippen LogP contribution < -0.4 is 5.73 Å². The third kappa shape index (κ3) is 0.350. The summed E-state index contributed by atoms with van der Waals surface area (Å²) in [6.07, 6.45) is 3.55. The normalized spacial score (nSPS) is 31.8. The smallest absolute Gasteiger partial charge is 0.223 e. The van der Waals surface area contributed by atoms with E-state index in [-0.39, 0.29) is 6.23 Å². The second-order valence-electron chi connectivity index (χ2n) is 1.65. The summed E-state index contributed by atoms with van der Waals surface area (Å²) in [7, 11) is 0. The van der Waals surface area contributed by atoms with Crippen molar-refractivity contribution in [3.63, 3.8) is 0 Å². The molecule has 1 unspecified atom stereocenters. The first kappa shape index (κ1) is 3.91. The minimum Gasteiger partial charge on any atom is -0.368 e. The molecular formula is C4H5N3O. The highest BCUT2D eigenvalue weighted by Gasteiger charge is 2.37. The van der Waals surface area contributed by atoms with Crippen molar-refractivity contribution in [2.75, 3.05) is 0 Å². The molecule has 2 aliphatic rings. The third-order valence-electron chi connectivity index (χ3n) is 1.09. The van der Waals surface area contributed by atoms with E-state index in [1.165, 1.54) is 0 Å². The SMILES string of the molecule is NC1=NC=CC2ON12. The molecule has 2 heterocycles. The van der Waals surface area contributed by atoms with Gasteiger partial charge in [-0.3, -0.25) is 0 Å². The van der Waals surface area contributed by atoms with Crippen LogP contribution in [0.2, 0.25) is 0 Å². The van der Waals surface area contributed by atoms with Gasteiger partial charge in [0.05, 0.1) is 0 Å². The van der Waals surface area contributed by atoms with Crippen molar-refractivity contribution in [1.29, 1.82) is 0 Å². The summed E-state index contributed by atoms with van der Waals surface area (Å²) in [6.45, 7) is 0. The summed E-state index contributed by atoms with van der Waals surface area (Å²) < 4.78 is 0. The molecule has 2 N–H and O–H groups in total. The van der Waals surface area contributed by atoms with Crippen LogP contribution in [-0.2, 0) is 4.84 Å². The molecule has 42 valence electrons. The van der Waals surface area contributed by atoms with Crippen LogP contribution in [0.4, 0.5) is 0 Å². The van der Waals surface area contributed by atoms with Gasteiger partial charge in [0.15, 0.2) is 0 Å². The summed E-state index contributed by atoms with van der Waals surface area (Å²) >= 11 is 0. The van der Waals surface area contributed by atoms with Crippen molar-refractivity contribution < 1.29 is 4.84 Å². The number of guanidine groups is 1. The number of rotatable bonds is 0. The number of aliphatic imine (C=N–C) groups is 1. The monoisotopic (exact) mass is 111 g/mol. The lowest BCUT2D eigenvalue weighted by atomic mass is 10.5. The molecule has 2 rings (SSSR count). The van der Waals surface area contributed by atoms with Crippen molar-refractivity contribution in [2.24, 2.45) is 10.7 Å². The molecule has 0 spiro atoms. The van der Waals surface area contributed by atoms with Gasteiger partial charge in [-0.05, 0) is 6.08 Å². The minimum atomic E-state index is 0.0764. The Morgan fingerprint density at radius 1 is 1.88 bits per heavy atom. The first-order valence-electron chi connectivity index (χ1n) is 2.34. The quantitative estimate of drug-likeness (QED) is 0.425. The van der Waals surface area contributed by atoms with Crippen molar-refractivity contribution >= 4 is 5.96 Å². The Balaban J connectivity index is 2.30. The molecule has 2 aliphatic heterocycles. The van der Waals surface area contributed by atoms with E-state index < -0.39 is 0 Å². The highest BCUT2D eigenvalue weighted by molar-refractivity contribution is 5.80. The number of hydrogen-bond donors (Lipinski definition) is 1. The molecule has 0 radical (unpaired) electrons. The van der Waals surface area contributed by atoms with Gasteiger partial charge in [-0.2, -0.15) is 5.06 Å². The minimum absolute atomic E-state index is 0.0764. The van der Waals surface area contributed by atoms with Crippen LogP contribution in [0.3, 0.4) is 0 Å². The summed E-state index contributed by atoms with van der Waals surface area (Å²) in [5.74, 6) is 0.442. The molecule has 0 aromatic rings. The summed E-state index contributed by atoms with van der Waals surface area (Å²) in [6, 6.07) is 0. The van der Waals surface area contributed by atoms with Crippen molar-refractivity contribution in [3.05, 3.63) is 12.3 Å². The number of nitrogens with two attached hydrogens (primary N) is 1. The fraction of sp³-hybridized carbons (Fsp3) is 0.250. The molecule has 0 bridgehead atoms. The average Bonchev–Trinajstić information content (AvgIpc) is 2.45. The highest BCUT2D eigenvalue weighted by Crippen LogP contribution is 2.22. The second kappa shape index (κ2) is 1.03. The molecule has 4 heteroatoms. The summed E-state index contributed by atoms with van der Waals surface area (Å²) in [5, 5.41) is 1.54. The van der Waals surface area contributed by atoms with Gasteiger partial charge in [-0.15, -0.1) is 0 Å². The Kier molecular flexibility index (Phi) is 0.503. The van der Waals surface area contributed by atoms with Gasteiger partial charge in [0.2, 0.25) is 12.2 Å². The third-order valence-corrected chi connectivity index (χ3v) is 1.09. The van der Waals surface area contributed by atoms with Gasteiger partial charge in [0.25, 0.3) is 0 Å². The van der Waals surface area contributed by atoms with Gasteiger partial charge < -0.3 is 5.73 Å². The number of fused-ring (bicyclic) bond motifs is 1. The molecule has 0 aliphatic carbocycles. The maximum absolute atomic E-state index is 5.32. The molecule has 1 saturated heterocycles. The zero-order valence-electron chi connectivity index (χ0n) is 4.11. The molecule has 0 aromatic carbocycles. The van der Waals surface area contributed by atoms with Crippen molar-refractivity contribution in [3.8, 4) is 0 Å². The van der Waals surface area contributed by atoms with Crippen molar-refractivity contribution in [2.45, 2.75) is 6.23 Å². The number of nitrogens with zero attached hydrogens (tertiary/aromatic N) is 2. The van der Waals surface area contributed by atoms with Crippen molar-refractivity contribution in [1.82, 2.24) is 5.06 Å². The molecule has 0 aromatic heterocycles. The standard InChI is InChI=1S/C4H5N3O/c5-4-6-2-1-3-7(4)8-3/h1-3H,(H2,5,6). The molecule has 8 heavy (non-hydrogen) atoms. The molecule has 1 fully saturated rings. The molecule has 1 atom stereocenters. The first-order valence-corrected chi connectivity index (χ1v) is 2.34. The largest absolute Gasteiger partial charge is 0.368 e. The molecule has 4 nitrogen and oxygen atoms in total. The van der Waals surface area contributed by atoms with E-state index in [9.17, 15) is 0 Å². The summed E-state index contributed by atoms with van der Waals surface area (Å²) in [5.41, 5.74) is 5.32. The summed E-state index contributed by atoms with van der Waals surface area (Å²) in [4.78, 5) is 8.65. The topological polar surface area (TPSA) is 53.9 Å². The Morgan fingerprint density at radius 2 is 2.75 bits per heavy atom. The van der Waals surface area contributed by atoms with Gasteiger partial charge in [-0.1, -0.05) is 0 Å². The maximum atomic E-state index is 5.32. The van der Waals surface area contributed by atoms with Crippen LogP contribution in [0, 0.1) is 0 Å². The van der Waals surface area contributed by atoms with E-state index in [4.69, 9.17) is 10.6 Å². The van der Waals surface area contributed by atoms with Crippen LogP contribution >= 0.6 is 0 Å². The van der Waals surface area contributed by atoms with Gasteiger partial charge in [-0.25, -0.2) is 9.83 Å². The fourth-order valence-electron chi connectivity index (χ4n) is 0.637. The van der Waals surface area contributed by atoms with Gasteiger partial charge in [0, 0.05) is 6.20 Å². The molecule has 0 saturated carbocycles. The Hall–Kier alpha value is -1.03. The van der Waals surface area contributed by atoms with Crippen LogP contribution in [0.25, 0.3) is 0 Å². The van der Waals surface area contributed by atoms with Gasteiger partial charge in [0.1, 0.15) is 0 Å². The Labute approximate surface area is 46.2 Å². The highest BCUT2D eigenvalue weighted by atomic mass is 16.8. The zero-order valence-corrected chi connectivity index (χ0v) is 4.11. The second-order valence-corrected chi connectivity index (χ2v) is 1.65. The lowest BCUT2D eigenvalue weighted by Gasteiger charge is -1.96. The molecule has 0 amide bonds. The van der Waals surface area contributed by atoms with E-state index in [2.05, 4.69) is 4.99 Å². The Morgan fingerprint density at radius 3 is 3.38 bits per heavy atom. The maximum Gasteiger partial charge on any atom is 0.223 e.